The summed E-state index contributed by atoms with van der Waals surface area (Å²) in [6, 6.07) is 8.13. The van der Waals surface area contributed by atoms with Crippen molar-refractivity contribution in [3.63, 3.8) is 0 Å². The molecule has 0 saturated carbocycles. The van der Waals surface area contributed by atoms with Crippen LogP contribution >= 0.6 is 0 Å². The summed E-state index contributed by atoms with van der Waals surface area (Å²) < 4.78 is 0. The van der Waals surface area contributed by atoms with Crippen LogP contribution in [0.1, 0.15) is 70.4 Å². The zero-order chi connectivity index (χ0) is 24.8. The topological polar surface area (TPSA) is 73.5 Å². The zero-order valence-corrected chi connectivity index (χ0v) is 21.6. The Morgan fingerprint density at radius 2 is 1.74 bits per heavy atom. The van der Waals surface area contributed by atoms with Crippen molar-refractivity contribution in [3.05, 3.63) is 47.7 Å². The van der Waals surface area contributed by atoms with Crippen molar-refractivity contribution < 1.29 is 9.59 Å². The molecule has 3 N–H and O–H groups in total. The number of rotatable bonds is 16. The van der Waals surface area contributed by atoms with Gasteiger partial charge in [-0.3, -0.25) is 9.59 Å². The fraction of sp³-hybridized carbons (Fsp3) is 0.643. The number of hydrogen-bond donors (Lipinski definition) is 3. The van der Waals surface area contributed by atoms with Gasteiger partial charge in [0.15, 0.2) is 0 Å². The van der Waals surface area contributed by atoms with E-state index in [1.807, 2.05) is 6.92 Å². The smallest absolute Gasteiger partial charge is 0.243 e. The van der Waals surface area contributed by atoms with E-state index >= 15 is 0 Å². The van der Waals surface area contributed by atoms with E-state index in [9.17, 15) is 9.59 Å². The molecule has 1 unspecified atom stereocenters. The molecule has 2 rings (SSSR count). The second-order valence-electron chi connectivity index (χ2n) is 9.65. The van der Waals surface area contributed by atoms with Crippen molar-refractivity contribution in [1.29, 1.82) is 0 Å². The number of nitrogens with one attached hydrogen (secondary N) is 3. The van der Waals surface area contributed by atoms with Crippen molar-refractivity contribution >= 4 is 11.8 Å². The number of aryl methyl sites for hydroxylation is 2. The summed E-state index contributed by atoms with van der Waals surface area (Å²) in [4.78, 5) is 27.6. The normalized spacial score (nSPS) is 15.5. The van der Waals surface area contributed by atoms with Gasteiger partial charge in [0.05, 0.1) is 6.54 Å². The minimum Gasteiger partial charge on any atom is -0.380 e. The minimum absolute atomic E-state index is 0.0976. The van der Waals surface area contributed by atoms with Gasteiger partial charge in [0.25, 0.3) is 0 Å². The summed E-state index contributed by atoms with van der Waals surface area (Å²) >= 11 is 0. The highest BCUT2D eigenvalue weighted by Crippen LogP contribution is 2.17. The molecule has 0 aromatic heterocycles. The lowest BCUT2D eigenvalue weighted by atomic mass is 9.94. The van der Waals surface area contributed by atoms with Crippen molar-refractivity contribution in [1.82, 2.24) is 20.9 Å². The molecule has 6 nitrogen and oxygen atoms in total. The third-order valence-corrected chi connectivity index (χ3v) is 6.86. The molecule has 6 heteroatoms. The summed E-state index contributed by atoms with van der Waals surface area (Å²) in [5.41, 5.74) is 3.62. The molecular weight excluding hydrogens is 424 g/mol. The first-order valence-electron chi connectivity index (χ1n) is 13.2. The van der Waals surface area contributed by atoms with Gasteiger partial charge in [-0.05, 0) is 75.1 Å². The van der Waals surface area contributed by atoms with E-state index in [2.05, 4.69) is 65.5 Å². The Balaban J connectivity index is 1.84. The molecule has 0 radical (unpaired) electrons. The lowest BCUT2D eigenvalue weighted by molar-refractivity contribution is -0.129. The first-order chi connectivity index (χ1) is 16.4. The number of carbonyl (C=O) groups excluding carboxylic acids is 2. The second-order valence-corrected chi connectivity index (χ2v) is 9.65. The van der Waals surface area contributed by atoms with Gasteiger partial charge in [0.2, 0.25) is 11.8 Å². The highest BCUT2D eigenvalue weighted by atomic mass is 16.2. The maximum Gasteiger partial charge on any atom is 0.243 e. The summed E-state index contributed by atoms with van der Waals surface area (Å²) in [5, 5.41) is 9.01. The van der Waals surface area contributed by atoms with Crippen molar-refractivity contribution in [3.8, 4) is 0 Å². The highest BCUT2D eigenvalue weighted by molar-refractivity contribution is 5.88. The van der Waals surface area contributed by atoms with Crippen molar-refractivity contribution in [2.75, 3.05) is 32.7 Å². The largest absolute Gasteiger partial charge is 0.380 e. The standard InChI is InChI=1S/C28H46N4O2/c1-5-22(3)15-16-25-13-8-7-12-24(25)14-11-17-29-28(34)26(21-32-18-9-10-19-32)31-27(33)20-30-23(4)6-2/h7-8,12-13,22,26,30H,4-6,9-11,14-21H2,1-3H3,(H,29,34)(H,31,33)/t22-,26?/m1/s1. The van der Waals surface area contributed by atoms with Crippen molar-refractivity contribution in [2.45, 2.75) is 78.2 Å². The van der Waals surface area contributed by atoms with Crippen LogP contribution in [-0.4, -0.2) is 55.5 Å². The predicted molar refractivity (Wildman–Crippen MR) is 141 cm³/mol. The monoisotopic (exact) mass is 470 g/mol. The first-order valence-corrected chi connectivity index (χ1v) is 13.2. The number of carbonyl (C=O) groups is 2. The Hall–Kier alpha value is -2.34. The zero-order valence-electron chi connectivity index (χ0n) is 21.6. The van der Waals surface area contributed by atoms with Gasteiger partial charge in [0.1, 0.15) is 6.04 Å². The van der Waals surface area contributed by atoms with Gasteiger partial charge < -0.3 is 20.9 Å². The van der Waals surface area contributed by atoms with Gasteiger partial charge >= 0.3 is 0 Å². The molecule has 1 aromatic rings. The average Bonchev–Trinajstić information content (AvgIpc) is 3.36. The molecule has 2 atom stereocenters. The van der Waals surface area contributed by atoms with Crippen LogP contribution in [0.5, 0.6) is 0 Å². The van der Waals surface area contributed by atoms with Gasteiger partial charge in [-0.25, -0.2) is 0 Å². The highest BCUT2D eigenvalue weighted by Gasteiger charge is 2.24. The Labute approximate surface area is 206 Å². The molecule has 1 saturated heterocycles. The van der Waals surface area contributed by atoms with E-state index in [0.717, 1.165) is 63.2 Å². The Bertz CT molecular complexity index is 773. The number of benzene rings is 1. The first kappa shape index (κ1) is 27.9. The van der Waals surface area contributed by atoms with Crippen LogP contribution in [0.2, 0.25) is 0 Å². The second kappa shape index (κ2) is 15.5. The maximum atomic E-state index is 13.0. The van der Waals surface area contributed by atoms with E-state index in [1.165, 1.54) is 24.0 Å². The fourth-order valence-corrected chi connectivity index (χ4v) is 4.26. The van der Waals surface area contributed by atoms with E-state index < -0.39 is 6.04 Å². The van der Waals surface area contributed by atoms with Crippen LogP contribution in [0.15, 0.2) is 36.5 Å². The summed E-state index contributed by atoms with van der Waals surface area (Å²) in [7, 11) is 0. The molecule has 2 amide bonds. The van der Waals surface area contributed by atoms with Crippen molar-refractivity contribution in [2.24, 2.45) is 5.92 Å². The molecule has 0 aliphatic carbocycles. The molecule has 1 fully saturated rings. The van der Waals surface area contributed by atoms with Crippen LogP contribution in [0, 0.1) is 5.92 Å². The summed E-state index contributed by atoms with van der Waals surface area (Å²) in [5.74, 6) is 0.467. The molecule has 0 bridgehead atoms. The number of amides is 2. The van der Waals surface area contributed by atoms with Crippen LogP contribution in [0.4, 0.5) is 0 Å². The summed E-state index contributed by atoms with van der Waals surface area (Å²) in [6.07, 6.45) is 8.44. The molecule has 1 heterocycles. The number of hydrogen-bond acceptors (Lipinski definition) is 4. The predicted octanol–water partition coefficient (Wildman–Crippen LogP) is 3.81. The molecule has 1 aliphatic rings. The van der Waals surface area contributed by atoms with Crippen LogP contribution in [0.3, 0.4) is 0 Å². The van der Waals surface area contributed by atoms with E-state index in [-0.39, 0.29) is 18.4 Å². The maximum absolute atomic E-state index is 13.0. The van der Waals surface area contributed by atoms with E-state index in [0.29, 0.717) is 13.1 Å². The lowest BCUT2D eigenvalue weighted by Gasteiger charge is -2.24. The third kappa shape index (κ3) is 10.3. The number of allylic oxidation sites excluding steroid dienone is 1. The molecule has 34 heavy (non-hydrogen) atoms. The Morgan fingerprint density at radius 3 is 2.38 bits per heavy atom. The van der Waals surface area contributed by atoms with Crippen LogP contribution in [-0.2, 0) is 22.4 Å². The van der Waals surface area contributed by atoms with Gasteiger partial charge in [-0.15, -0.1) is 0 Å². The van der Waals surface area contributed by atoms with Crippen LogP contribution < -0.4 is 16.0 Å². The number of likely N-dealkylation sites (tertiary alicyclic amines) is 1. The fourth-order valence-electron chi connectivity index (χ4n) is 4.26. The van der Waals surface area contributed by atoms with Gasteiger partial charge in [-0.2, -0.15) is 0 Å². The SMILES string of the molecule is C=C(CC)NCC(=O)NC(CN1CCCC1)C(=O)NCCCc1ccccc1CC[C@H](C)CC. The lowest BCUT2D eigenvalue weighted by Crippen LogP contribution is -2.53. The third-order valence-electron chi connectivity index (χ3n) is 6.86. The Kier molecular flexibility index (Phi) is 12.8. The molecule has 0 spiro atoms. The molecule has 190 valence electrons. The van der Waals surface area contributed by atoms with Gasteiger partial charge in [-0.1, -0.05) is 58.0 Å². The number of nitrogens with zero attached hydrogens (tertiary/aromatic N) is 1. The minimum atomic E-state index is -0.537. The van der Waals surface area contributed by atoms with E-state index in [1.54, 1.807) is 0 Å². The molecular formula is C28H46N4O2. The average molecular weight is 471 g/mol. The van der Waals surface area contributed by atoms with Crippen LogP contribution in [0.25, 0.3) is 0 Å². The van der Waals surface area contributed by atoms with E-state index in [4.69, 9.17) is 0 Å². The molecule has 1 aromatic carbocycles. The Morgan fingerprint density at radius 1 is 1.06 bits per heavy atom. The van der Waals surface area contributed by atoms with Gasteiger partial charge in [0, 0.05) is 18.8 Å². The quantitative estimate of drug-likeness (QED) is 0.321. The summed E-state index contributed by atoms with van der Waals surface area (Å²) in [6.45, 7) is 13.7. The molecule has 1 aliphatic heterocycles.